The van der Waals surface area contributed by atoms with Crippen LogP contribution in [0.2, 0.25) is 0 Å². The molecule has 0 unspecified atom stereocenters. The van der Waals surface area contributed by atoms with Crippen LogP contribution in [0.4, 0.5) is 0 Å². The van der Waals surface area contributed by atoms with Gasteiger partial charge in [-0.15, -0.1) is 5.10 Å². The van der Waals surface area contributed by atoms with Crippen LogP contribution < -0.4 is 5.32 Å². The van der Waals surface area contributed by atoms with Crippen molar-refractivity contribution in [2.45, 2.75) is 38.2 Å². The Kier molecular flexibility index (Phi) is 3.15. The van der Waals surface area contributed by atoms with Gasteiger partial charge in [-0.3, -0.25) is 9.89 Å². The van der Waals surface area contributed by atoms with Crippen LogP contribution in [-0.2, 0) is 4.74 Å². The molecule has 0 atom stereocenters. The van der Waals surface area contributed by atoms with Gasteiger partial charge in [0.1, 0.15) is 5.82 Å². The first kappa shape index (κ1) is 12.0. The molecule has 6 nitrogen and oxygen atoms in total. The van der Waals surface area contributed by atoms with Gasteiger partial charge in [-0.05, 0) is 26.7 Å². The Balaban J connectivity index is 1.90. The van der Waals surface area contributed by atoms with Crippen LogP contribution in [0, 0.1) is 0 Å². The molecule has 1 heterocycles. The summed E-state index contributed by atoms with van der Waals surface area (Å²) in [4.78, 5) is 15.9. The van der Waals surface area contributed by atoms with E-state index in [1.165, 1.54) is 0 Å². The van der Waals surface area contributed by atoms with Crippen LogP contribution in [0.3, 0.4) is 0 Å². The normalized spacial score (nSPS) is 15.9. The van der Waals surface area contributed by atoms with Crippen molar-refractivity contribution in [3.05, 3.63) is 11.6 Å². The Morgan fingerprint density at radius 2 is 2.29 bits per heavy atom. The highest BCUT2D eigenvalue weighted by molar-refractivity contribution is 5.90. The molecule has 1 aliphatic rings. The summed E-state index contributed by atoms with van der Waals surface area (Å²) in [6.45, 7) is 4.23. The SMILES string of the molecule is COC(C)(C)CNC(=O)c1n[nH]c(C2CC2)n1. The Labute approximate surface area is 100 Å². The Hall–Kier alpha value is -1.43. The monoisotopic (exact) mass is 238 g/mol. The number of aromatic nitrogens is 3. The lowest BCUT2D eigenvalue weighted by Crippen LogP contribution is -2.40. The maximum Gasteiger partial charge on any atom is 0.291 e. The first-order chi connectivity index (χ1) is 8.02. The third kappa shape index (κ3) is 3.03. The lowest BCUT2D eigenvalue weighted by molar-refractivity contribution is 0.0227. The van der Waals surface area contributed by atoms with E-state index in [1.807, 2.05) is 13.8 Å². The molecule has 1 aromatic rings. The average Bonchev–Trinajstić information content (AvgIpc) is 3.04. The van der Waals surface area contributed by atoms with E-state index in [9.17, 15) is 4.79 Å². The fourth-order valence-electron chi connectivity index (χ4n) is 1.36. The number of nitrogens with zero attached hydrogens (tertiary/aromatic N) is 2. The van der Waals surface area contributed by atoms with Gasteiger partial charge in [0.2, 0.25) is 5.82 Å². The molecule has 1 amide bonds. The lowest BCUT2D eigenvalue weighted by atomic mass is 10.1. The largest absolute Gasteiger partial charge is 0.377 e. The van der Waals surface area contributed by atoms with E-state index in [0.717, 1.165) is 18.7 Å². The number of hydrogen-bond acceptors (Lipinski definition) is 4. The number of H-pyrrole nitrogens is 1. The summed E-state index contributed by atoms with van der Waals surface area (Å²) in [7, 11) is 1.62. The second-order valence-electron chi connectivity index (χ2n) is 4.97. The summed E-state index contributed by atoms with van der Waals surface area (Å²) >= 11 is 0. The lowest BCUT2D eigenvalue weighted by Gasteiger charge is -2.22. The van der Waals surface area contributed by atoms with Crippen molar-refractivity contribution < 1.29 is 9.53 Å². The minimum atomic E-state index is -0.384. The summed E-state index contributed by atoms with van der Waals surface area (Å²) in [5, 5.41) is 9.48. The molecule has 0 spiro atoms. The van der Waals surface area contributed by atoms with Gasteiger partial charge in [0, 0.05) is 19.6 Å². The standard InChI is InChI=1S/C11H18N4O2/c1-11(2,17-3)6-12-10(16)9-13-8(14-15-9)7-4-5-7/h7H,4-6H2,1-3H3,(H,12,16)(H,13,14,15). The van der Waals surface area contributed by atoms with E-state index >= 15 is 0 Å². The maximum absolute atomic E-state index is 11.8. The zero-order valence-electron chi connectivity index (χ0n) is 10.4. The van der Waals surface area contributed by atoms with Crippen molar-refractivity contribution in [2.75, 3.05) is 13.7 Å². The summed E-state index contributed by atoms with van der Waals surface area (Å²) < 4.78 is 5.21. The first-order valence-electron chi connectivity index (χ1n) is 5.77. The number of carbonyl (C=O) groups is 1. The minimum absolute atomic E-state index is 0.207. The van der Waals surface area contributed by atoms with E-state index in [-0.39, 0.29) is 17.3 Å². The van der Waals surface area contributed by atoms with Crippen LogP contribution in [0.1, 0.15) is 49.1 Å². The Morgan fingerprint density at radius 3 is 2.88 bits per heavy atom. The zero-order chi connectivity index (χ0) is 12.5. The molecule has 0 aliphatic heterocycles. The highest BCUT2D eigenvalue weighted by atomic mass is 16.5. The predicted octanol–water partition coefficient (Wildman–Crippen LogP) is 0.837. The van der Waals surface area contributed by atoms with Crippen molar-refractivity contribution >= 4 is 5.91 Å². The number of aromatic amines is 1. The van der Waals surface area contributed by atoms with Crippen molar-refractivity contribution in [1.29, 1.82) is 0 Å². The number of hydrogen-bond donors (Lipinski definition) is 2. The molecule has 6 heteroatoms. The zero-order valence-corrected chi connectivity index (χ0v) is 10.4. The topological polar surface area (TPSA) is 79.9 Å². The smallest absolute Gasteiger partial charge is 0.291 e. The van der Waals surface area contributed by atoms with E-state index < -0.39 is 0 Å². The van der Waals surface area contributed by atoms with E-state index in [4.69, 9.17) is 4.74 Å². The fourth-order valence-corrected chi connectivity index (χ4v) is 1.36. The highest BCUT2D eigenvalue weighted by Gasteiger charge is 2.28. The van der Waals surface area contributed by atoms with Crippen LogP contribution in [0.5, 0.6) is 0 Å². The molecule has 2 N–H and O–H groups in total. The number of rotatable bonds is 5. The van der Waals surface area contributed by atoms with E-state index in [2.05, 4.69) is 20.5 Å². The highest BCUT2D eigenvalue weighted by Crippen LogP contribution is 2.37. The summed E-state index contributed by atoms with van der Waals surface area (Å²) in [6.07, 6.45) is 2.26. The fraction of sp³-hybridized carbons (Fsp3) is 0.727. The second kappa shape index (κ2) is 4.44. The van der Waals surface area contributed by atoms with Crippen molar-refractivity contribution in [3.63, 3.8) is 0 Å². The molecular formula is C11H18N4O2. The molecule has 1 saturated carbocycles. The summed E-state index contributed by atoms with van der Waals surface area (Å²) in [5.41, 5.74) is -0.384. The van der Waals surface area contributed by atoms with Gasteiger partial charge in [-0.1, -0.05) is 0 Å². The minimum Gasteiger partial charge on any atom is -0.377 e. The number of amides is 1. The second-order valence-corrected chi connectivity index (χ2v) is 4.97. The van der Waals surface area contributed by atoms with E-state index in [0.29, 0.717) is 12.5 Å². The maximum atomic E-state index is 11.8. The average molecular weight is 238 g/mol. The molecule has 0 radical (unpaired) electrons. The molecule has 1 aromatic heterocycles. The van der Waals surface area contributed by atoms with E-state index in [1.54, 1.807) is 7.11 Å². The molecule has 17 heavy (non-hydrogen) atoms. The Morgan fingerprint density at radius 1 is 1.59 bits per heavy atom. The molecule has 0 aromatic carbocycles. The van der Waals surface area contributed by atoms with Gasteiger partial charge >= 0.3 is 0 Å². The number of ether oxygens (including phenoxy) is 1. The molecule has 0 bridgehead atoms. The van der Waals surface area contributed by atoms with Crippen LogP contribution in [0.25, 0.3) is 0 Å². The molecule has 94 valence electrons. The van der Waals surface area contributed by atoms with Gasteiger partial charge < -0.3 is 10.1 Å². The van der Waals surface area contributed by atoms with Gasteiger partial charge in [-0.2, -0.15) is 0 Å². The summed E-state index contributed by atoms with van der Waals surface area (Å²) in [5.74, 6) is 1.23. The van der Waals surface area contributed by atoms with Crippen molar-refractivity contribution in [1.82, 2.24) is 20.5 Å². The van der Waals surface area contributed by atoms with Crippen molar-refractivity contribution in [2.24, 2.45) is 0 Å². The van der Waals surface area contributed by atoms with Gasteiger partial charge in [0.15, 0.2) is 0 Å². The first-order valence-corrected chi connectivity index (χ1v) is 5.77. The number of methoxy groups -OCH3 is 1. The predicted molar refractivity (Wildman–Crippen MR) is 61.8 cm³/mol. The van der Waals surface area contributed by atoms with Crippen molar-refractivity contribution in [3.8, 4) is 0 Å². The molecular weight excluding hydrogens is 220 g/mol. The van der Waals surface area contributed by atoms with Gasteiger partial charge in [0.25, 0.3) is 5.91 Å². The van der Waals surface area contributed by atoms with Crippen LogP contribution in [0.15, 0.2) is 0 Å². The van der Waals surface area contributed by atoms with Gasteiger partial charge in [-0.25, -0.2) is 4.98 Å². The quantitative estimate of drug-likeness (QED) is 0.796. The van der Waals surface area contributed by atoms with Gasteiger partial charge in [0.05, 0.1) is 5.60 Å². The van der Waals surface area contributed by atoms with Crippen LogP contribution in [-0.4, -0.2) is 40.3 Å². The third-order valence-corrected chi connectivity index (χ3v) is 2.90. The van der Waals surface area contributed by atoms with Crippen LogP contribution >= 0.6 is 0 Å². The molecule has 1 fully saturated rings. The molecule has 1 aliphatic carbocycles. The molecule has 2 rings (SSSR count). The Bertz CT molecular complexity index is 409. The third-order valence-electron chi connectivity index (χ3n) is 2.90. The number of nitrogens with one attached hydrogen (secondary N) is 2. The number of carbonyl (C=O) groups excluding carboxylic acids is 1. The molecule has 0 saturated heterocycles. The summed E-state index contributed by atoms with van der Waals surface area (Å²) in [6, 6.07) is 0.